The van der Waals surface area contributed by atoms with Gasteiger partial charge in [-0.15, -0.1) is 0 Å². The molecule has 12 heteroatoms. The van der Waals surface area contributed by atoms with Crippen LogP contribution in [0.5, 0.6) is 0 Å². The molecule has 0 unspecified atom stereocenters. The van der Waals surface area contributed by atoms with E-state index in [1.165, 1.54) is 17.4 Å². The normalized spacial score (nSPS) is 26.0. The number of rotatable bonds is 6. The second-order valence-corrected chi connectivity index (χ2v) is 9.07. The highest BCUT2D eigenvalue weighted by Gasteiger charge is 2.46. The number of aliphatic hydroxyl groups is 2. The molecule has 2 saturated heterocycles. The number of hydrogen-bond donors (Lipinski definition) is 4. The van der Waals surface area contributed by atoms with Gasteiger partial charge < -0.3 is 30.5 Å². The summed E-state index contributed by atoms with van der Waals surface area (Å²) in [6, 6.07) is 6.14. The lowest BCUT2D eigenvalue weighted by Gasteiger charge is -2.41. The Morgan fingerprint density at radius 3 is 2.59 bits per heavy atom. The van der Waals surface area contributed by atoms with Gasteiger partial charge in [0.25, 0.3) is 0 Å². The molecule has 0 radical (unpaired) electrons. The van der Waals surface area contributed by atoms with Crippen LogP contribution in [0.2, 0.25) is 0 Å². The average molecular weight is 501 g/mol. The molecule has 4 N–H and O–H groups in total. The molecule has 186 valence electrons. The van der Waals surface area contributed by atoms with Gasteiger partial charge in [0.05, 0.1) is 30.0 Å². The second kappa shape index (κ2) is 10.5. The number of ether oxygens (including phenoxy) is 1. The molecule has 2 aliphatic heterocycles. The van der Waals surface area contributed by atoms with Crippen LogP contribution in [0.4, 0.5) is 29.3 Å². The lowest BCUT2D eigenvalue weighted by molar-refractivity contribution is -0.137. The predicted molar refractivity (Wildman–Crippen MR) is 122 cm³/mol. The number of piperazine rings is 1. The largest absolute Gasteiger partial charge is 0.416 e. The number of halogens is 3. The maximum absolute atomic E-state index is 13.1. The summed E-state index contributed by atoms with van der Waals surface area (Å²) >= 11 is 1.45. The molecule has 0 bridgehead atoms. The monoisotopic (exact) mass is 500 g/mol. The molecule has 34 heavy (non-hydrogen) atoms. The number of carbonyl (C=O) groups excluding carboxylic acids is 1. The number of hydrogen-bond acceptors (Lipinski definition) is 7. The molecule has 0 spiro atoms. The van der Waals surface area contributed by atoms with Gasteiger partial charge in [-0.2, -0.15) is 24.5 Å². The Morgan fingerprint density at radius 1 is 1.18 bits per heavy atom. The number of thiophene rings is 1. The van der Waals surface area contributed by atoms with Crippen LogP contribution in [0.25, 0.3) is 0 Å². The van der Waals surface area contributed by atoms with E-state index >= 15 is 0 Å². The molecule has 2 amide bonds. The molecular formula is C22H27F3N4O4S. The Morgan fingerprint density at radius 2 is 1.94 bits per heavy atom. The lowest BCUT2D eigenvalue weighted by Crippen LogP contribution is -2.57. The van der Waals surface area contributed by atoms with Gasteiger partial charge in [-0.25, -0.2) is 4.79 Å². The zero-order valence-electron chi connectivity index (χ0n) is 18.2. The van der Waals surface area contributed by atoms with Crippen LogP contribution in [0.15, 0.2) is 41.1 Å². The molecule has 1 aromatic heterocycles. The third-order valence-corrected chi connectivity index (χ3v) is 6.84. The molecule has 0 aliphatic carbocycles. The Kier molecular flexibility index (Phi) is 7.63. The maximum Gasteiger partial charge on any atom is 0.416 e. The van der Waals surface area contributed by atoms with Crippen molar-refractivity contribution in [1.82, 2.24) is 10.2 Å². The average Bonchev–Trinajstić information content (AvgIpc) is 3.44. The van der Waals surface area contributed by atoms with Crippen LogP contribution in [-0.4, -0.2) is 84.8 Å². The van der Waals surface area contributed by atoms with E-state index in [1.807, 2.05) is 15.2 Å². The van der Waals surface area contributed by atoms with Crippen LogP contribution in [0.1, 0.15) is 5.56 Å². The summed E-state index contributed by atoms with van der Waals surface area (Å²) in [5, 5.41) is 29.4. The minimum Gasteiger partial charge on any atom is -0.394 e. The predicted octanol–water partition coefficient (Wildman–Crippen LogP) is 2.20. The standard InChI is InChI=1S/C22H27F3N4O4S/c23-22(24,25)14-2-1-3-16(10-14)28-5-7-29(8-6-28)19-17(33-18(12-30)20(19)31)11-26-21(32)27-15-4-9-34-13-15/h1-4,9-10,13,17-20,30-31H,5-8,11-12H2,(H2,26,27,32)/t17-,18+,19+,20-/m1/s1. The van der Waals surface area contributed by atoms with Crippen molar-refractivity contribution in [2.75, 3.05) is 49.5 Å². The number of carbonyl (C=O) groups is 1. The molecule has 4 rings (SSSR count). The van der Waals surface area contributed by atoms with Crippen molar-refractivity contribution in [2.24, 2.45) is 0 Å². The van der Waals surface area contributed by atoms with Crippen molar-refractivity contribution in [3.63, 3.8) is 0 Å². The molecule has 0 saturated carbocycles. The van der Waals surface area contributed by atoms with E-state index in [0.717, 1.165) is 12.1 Å². The van der Waals surface area contributed by atoms with Gasteiger partial charge in [0.2, 0.25) is 0 Å². The number of nitrogens with one attached hydrogen (secondary N) is 2. The van der Waals surface area contributed by atoms with Crippen LogP contribution >= 0.6 is 11.3 Å². The van der Waals surface area contributed by atoms with Crippen LogP contribution < -0.4 is 15.5 Å². The number of alkyl halides is 3. The topological polar surface area (TPSA) is 97.3 Å². The van der Waals surface area contributed by atoms with E-state index < -0.39 is 42.1 Å². The SMILES string of the molecule is O=C(NC[C@H]1O[C@@H](CO)[C@@H](O)[C@H]1N1CCN(c2cccc(C(F)(F)F)c2)CC1)Nc1ccsc1. The van der Waals surface area contributed by atoms with Gasteiger partial charge in [-0.1, -0.05) is 6.07 Å². The zero-order chi connectivity index (χ0) is 24.3. The van der Waals surface area contributed by atoms with Gasteiger partial charge in [-0.05, 0) is 29.6 Å². The fourth-order valence-corrected chi connectivity index (χ4v) is 5.05. The fourth-order valence-electron chi connectivity index (χ4n) is 4.46. The van der Waals surface area contributed by atoms with Crippen molar-refractivity contribution in [3.05, 3.63) is 46.7 Å². The molecular weight excluding hydrogens is 473 g/mol. The number of benzene rings is 1. The molecule has 1 aromatic carbocycles. The number of anilines is 2. The van der Waals surface area contributed by atoms with E-state index in [1.54, 1.807) is 17.5 Å². The Hall–Kier alpha value is -2.38. The Balaban J connectivity index is 1.37. The first kappa shape index (κ1) is 24.7. The van der Waals surface area contributed by atoms with Gasteiger partial charge >= 0.3 is 12.2 Å². The number of urea groups is 1. The summed E-state index contributed by atoms with van der Waals surface area (Å²) in [5.74, 6) is 0. The van der Waals surface area contributed by atoms with Crippen molar-refractivity contribution in [3.8, 4) is 0 Å². The molecule has 2 aromatic rings. The minimum atomic E-state index is -4.40. The lowest BCUT2D eigenvalue weighted by atomic mass is 10.0. The summed E-state index contributed by atoms with van der Waals surface area (Å²) in [4.78, 5) is 16.1. The highest BCUT2D eigenvalue weighted by molar-refractivity contribution is 7.08. The highest BCUT2D eigenvalue weighted by atomic mass is 32.1. The minimum absolute atomic E-state index is 0.127. The van der Waals surface area contributed by atoms with Crippen molar-refractivity contribution < 1.29 is 32.9 Å². The van der Waals surface area contributed by atoms with Crippen LogP contribution in [-0.2, 0) is 10.9 Å². The van der Waals surface area contributed by atoms with E-state index in [0.29, 0.717) is 37.6 Å². The number of aliphatic hydroxyl groups excluding tert-OH is 2. The van der Waals surface area contributed by atoms with E-state index in [4.69, 9.17) is 4.74 Å². The second-order valence-electron chi connectivity index (χ2n) is 8.29. The van der Waals surface area contributed by atoms with E-state index in [2.05, 4.69) is 10.6 Å². The quantitative estimate of drug-likeness (QED) is 0.486. The van der Waals surface area contributed by atoms with Crippen molar-refractivity contribution in [1.29, 1.82) is 0 Å². The smallest absolute Gasteiger partial charge is 0.394 e. The van der Waals surface area contributed by atoms with Crippen LogP contribution in [0, 0.1) is 0 Å². The van der Waals surface area contributed by atoms with Gasteiger partial charge in [-0.3, -0.25) is 4.90 Å². The van der Waals surface area contributed by atoms with Crippen LogP contribution in [0.3, 0.4) is 0 Å². The molecule has 4 atom stereocenters. The van der Waals surface area contributed by atoms with Gasteiger partial charge in [0.1, 0.15) is 12.2 Å². The van der Waals surface area contributed by atoms with Crippen molar-refractivity contribution in [2.45, 2.75) is 30.5 Å². The number of nitrogens with zero attached hydrogens (tertiary/aromatic N) is 2. The Labute approximate surface area is 198 Å². The first-order valence-corrected chi connectivity index (χ1v) is 11.9. The summed E-state index contributed by atoms with van der Waals surface area (Å²) in [6.07, 6.45) is -6.70. The van der Waals surface area contributed by atoms with Crippen molar-refractivity contribution >= 4 is 28.7 Å². The molecule has 2 aliphatic rings. The number of amides is 2. The van der Waals surface area contributed by atoms with Gasteiger partial charge in [0.15, 0.2) is 0 Å². The van der Waals surface area contributed by atoms with E-state index in [-0.39, 0.29) is 13.2 Å². The highest BCUT2D eigenvalue weighted by Crippen LogP contribution is 2.32. The zero-order valence-corrected chi connectivity index (χ0v) is 19.1. The molecule has 2 fully saturated rings. The third kappa shape index (κ3) is 5.63. The maximum atomic E-state index is 13.1. The summed E-state index contributed by atoms with van der Waals surface area (Å²) in [7, 11) is 0. The first-order chi connectivity index (χ1) is 16.3. The summed E-state index contributed by atoms with van der Waals surface area (Å²) < 4.78 is 45.0. The Bertz CT molecular complexity index is 954. The summed E-state index contributed by atoms with van der Waals surface area (Å²) in [6.45, 7) is 1.66. The fraction of sp³-hybridized carbons (Fsp3) is 0.500. The molecule has 3 heterocycles. The van der Waals surface area contributed by atoms with E-state index in [9.17, 15) is 28.2 Å². The van der Waals surface area contributed by atoms with Gasteiger partial charge in [0, 0.05) is 43.8 Å². The third-order valence-electron chi connectivity index (χ3n) is 6.16. The first-order valence-electron chi connectivity index (χ1n) is 10.9. The molecule has 8 nitrogen and oxygen atoms in total. The summed E-state index contributed by atoms with van der Waals surface area (Å²) in [5.41, 5.74) is 0.476.